The molecule has 0 amide bonds. The van der Waals surface area contributed by atoms with Gasteiger partial charge in [-0.25, -0.2) is 8.78 Å². The zero-order valence-electron chi connectivity index (χ0n) is 13.7. The lowest BCUT2D eigenvalue weighted by molar-refractivity contribution is 0.0683. The van der Waals surface area contributed by atoms with E-state index in [2.05, 4.69) is 14.9 Å². The van der Waals surface area contributed by atoms with Crippen LogP contribution >= 0.6 is 0 Å². The number of rotatable bonds is 5. The Kier molecular flexibility index (Phi) is 5.23. The number of benzene rings is 1. The van der Waals surface area contributed by atoms with E-state index in [0.29, 0.717) is 6.54 Å². The van der Waals surface area contributed by atoms with Crippen LogP contribution in [0, 0.1) is 11.6 Å². The van der Waals surface area contributed by atoms with Gasteiger partial charge in [0, 0.05) is 63.6 Å². The minimum absolute atomic E-state index is 0.0211. The third kappa shape index (κ3) is 4.17. The molecule has 2 heterocycles. The number of aliphatic hydroxyl groups is 1. The Morgan fingerprint density at radius 3 is 2.54 bits per heavy atom. The van der Waals surface area contributed by atoms with E-state index >= 15 is 0 Å². The van der Waals surface area contributed by atoms with E-state index in [1.807, 2.05) is 19.4 Å². The molecule has 130 valence electrons. The van der Waals surface area contributed by atoms with Crippen molar-refractivity contribution >= 4 is 0 Å². The zero-order chi connectivity index (χ0) is 17.1. The Balaban J connectivity index is 1.50. The number of piperazine rings is 1. The number of aliphatic hydroxyl groups excluding tert-OH is 1. The molecule has 24 heavy (non-hydrogen) atoms. The highest BCUT2D eigenvalue weighted by molar-refractivity contribution is 5.21. The molecule has 1 aliphatic rings. The van der Waals surface area contributed by atoms with Gasteiger partial charge in [0.2, 0.25) is 0 Å². The van der Waals surface area contributed by atoms with Gasteiger partial charge in [0.05, 0.1) is 12.3 Å². The number of aromatic nitrogens is 2. The third-order valence-corrected chi connectivity index (χ3v) is 4.38. The van der Waals surface area contributed by atoms with Crippen LogP contribution in [0.4, 0.5) is 8.78 Å². The first-order valence-corrected chi connectivity index (χ1v) is 8.06. The summed E-state index contributed by atoms with van der Waals surface area (Å²) < 4.78 is 28.7. The van der Waals surface area contributed by atoms with Gasteiger partial charge in [-0.1, -0.05) is 0 Å². The SMILES string of the molecule is Cn1cc(CN2CCN(CC(O)c3cc(F)ccc3F)CC2)cn1. The summed E-state index contributed by atoms with van der Waals surface area (Å²) in [6.07, 6.45) is 2.84. The Morgan fingerprint density at radius 2 is 1.88 bits per heavy atom. The van der Waals surface area contributed by atoms with Crippen LogP contribution in [-0.4, -0.2) is 57.4 Å². The lowest BCUT2D eigenvalue weighted by atomic mass is 10.1. The van der Waals surface area contributed by atoms with Crippen LogP contribution in [0.2, 0.25) is 0 Å². The minimum Gasteiger partial charge on any atom is -0.387 e. The molecule has 2 aromatic rings. The summed E-state index contributed by atoms with van der Waals surface area (Å²) in [5, 5.41) is 14.4. The average Bonchev–Trinajstić information content (AvgIpc) is 2.96. The van der Waals surface area contributed by atoms with E-state index < -0.39 is 17.7 Å². The van der Waals surface area contributed by atoms with Crippen molar-refractivity contribution in [2.24, 2.45) is 7.05 Å². The molecule has 1 unspecified atom stereocenters. The van der Waals surface area contributed by atoms with Crippen LogP contribution in [0.5, 0.6) is 0 Å². The molecule has 0 bridgehead atoms. The highest BCUT2D eigenvalue weighted by Gasteiger charge is 2.22. The lowest BCUT2D eigenvalue weighted by Crippen LogP contribution is -2.47. The Hall–Kier alpha value is -1.83. The lowest BCUT2D eigenvalue weighted by Gasteiger charge is -2.35. The van der Waals surface area contributed by atoms with Crippen molar-refractivity contribution in [3.8, 4) is 0 Å². The largest absolute Gasteiger partial charge is 0.387 e. The molecule has 1 saturated heterocycles. The van der Waals surface area contributed by atoms with Crippen LogP contribution in [0.15, 0.2) is 30.6 Å². The number of β-amino-alcohol motifs (C(OH)–C–C–N with tert-alkyl or cyclic N) is 1. The molecule has 0 aliphatic carbocycles. The maximum atomic E-state index is 13.7. The third-order valence-electron chi connectivity index (χ3n) is 4.38. The molecular formula is C17H22F2N4O. The van der Waals surface area contributed by atoms with Gasteiger partial charge >= 0.3 is 0 Å². The first-order chi connectivity index (χ1) is 11.5. The first-order valence-electron chi connectivity index (χ1n) is 8.06. The topological polar surface area (TPSA) is 44.5 Å². The number of hydrogen-bond donors (Lipinski definition) is 1. The van der Waals surface area contributed by atoms with Crippen molar-refractivity contribution in [2.75, 3.05) is 32.7 Å². The number of nitrogens with zero attached hydrogens (tertiary/aromatic N) is 4. The number of hydrogen-bond acceptors (Lipinski definition) is 4. The molecule has 0 spiro atoms. The summed E-state index contributed by atoms with van der Waals surface area (Å²) in [7, 11) is 1.90. The van der Waals surface area contributed by atoms with Gasteiger partial charge in [0.1, 0.15) is 11.6 Å². The van der Waals surface area contributed by atoms with Crippen molar-refractivity contribution in [3.05, 3.63) is 53.4 Å². The summed E-state index contributed by atoms with van der Waals surface area (Å²) in [6, 6.07) is 3.18. The highest BCUT2D eigenvalue weighted by Crippen LogP contribution is 2.20. The Bertz CT molecular complexity index is 683. The van der Waals surface area contributed by atoms with Crippen LogP contribution in [0.1, 0.15) is 17.2 Å². The normalized spacial score (nSPS) is 18.0. The molecule has 3 rings (SSSR count). The van der Waals surface area contributed by atoms with Crippen molar-refractivity contribution in [1.82, 2.24) is 19.6 Å². The van der Waals surface area contributed by atoms with Crippen molar-refractivity contribution in [2.45, 2.75) is 12.6 Å². The molecular weight excluding hydrogens is 314 g/mol. The fourth-order valence-electron chi connectivity index (χ4n) is 3.05. The Labute approximate surface area is 140 Å². The molecule has 0 saturated carbocycles. The second-order valence-electron chi connectivity index (χ2n) is 6.28. The minimum atomic E-state index is -1.02. The second kappa shape index (κ2) is 7.38. The van der Waals surface area contributed by atoms with Crippen LogP contribution in [-0.2, 0) is 13.6 Å². The number of aryl methyl sites for hydroxylation is 1. The summed E-state index contributed by atoms with van der Waals surface area (Å²) >= 11 is 0. The molecule has 0 radical (unpaired) electrons. The zero-order valence-corrected chi connectivity index (χ0v) is 13.7. The van der Waals surface area contributed by atoms with Crippen molar-refractivity contribution < 1.29 is 13.9 Å². The molecule has 5 nitrogen and oxygen atoms in total. The summed E-state index contributed by atoms with van der Waals surface area (Å²) in [6.45, 7) is 4.47. The maximum absolute atomic E-state index is 13.7. The van der Waals surface area contributed by atoms with E-state index in [1.54, 1.807) is 4.68 Å². The quantitative estimate of drug-likeness (QED) is 0.900. The van der Waals surface area contributed by atoms with Gasteiger partial charge in [-0.2, -0.15) is 5.10 Å². The first kappa shape index (κ1) is 17.0. The van der Waals surface area contributed by atoms with Gasteiger partial charge in [0.25, 0.3) is 0 Å². The molecule has 1 atom stereocenters. The second-order valence-corrected chi connectivity index (χ2v) is 6.28. The monoisotopic (exact) mass is 336 g/mol. The summed E-state index contributed by atoms with van der Waals surface area (Å²) in [4.78, 5) is 4.40. The van der Waals surface area contributed by atoms with Gasteiger partial charge in [-0.3, -0.25) is 14.5 Å². The van der Waals surface area contributed by atoms with Crippen LogP contribution < -0.4 is 0 Å². The van der Waals surface area contributed by atoms with Crippen molar-refractivity contribution in [1.29, 1.82) is 0 Å². The molecule has 1 aromatic carbocycles. The highest BCUT2D eigenvalue weighted by atomic mass is 19.1. The van der Waals surface area contributed by atoms with E-state index in [-0.39, 0.29) is 5.56 Å². The molecule has 1 fully saturated rings. The summed E-state index contributed by atoms with van der Waals surface area (Å²) in [5.41, 5.74) is 1.20. The maximum Gasteiger partial charge on any atom is 0.129 e. The number of halogens is 2. The van der Waals surface area contributed by atoms with E-state index in [4.69, 9.17) is 0 Å². The van der Waals surface area contributed by atoms with Gasteiger partial charge in [-0.05, 0) is 18.2 Å². The van der Waals surface area contributed by atoms with E-state index in [9.17, 15) is 13.9 Å². The predicted molar refractivity (Wildman–Crippen MR) is 86.2 cm³/mol. The van der Waals surface area contributed by atoms with Crippen molar-refractivity contribution in [3.63, 3.8) is 0 Å². The fraction of sp³-hybridized carbons (Fsp3) is 0.471. The van der Waals surface area contributed by atoms with Crippen LogP contribution in [0.25, 0.3) is 0 Å². The predicted octanol–water partition coefficient (Wildman–Crippen LogP) is 1.55. The average molecular weight is 336 g/mol. The van der Waals surface area contributed by atoms with E-state index in [1.165, 1.54) is 5.56 Å². The smallest absolute Gasteiger partial charge is 0.129 e. The van der Waals surface area contributed by atoms with E-state index in [0.717, 1.165) is 50.9 Å². The molecule has 7 heteroatoms. The van der Waals surface area contributed by atoms with Gasteiger partial charge < -0.3 is 5.11 Å². The Morgan fingerprint density at radius 1 is 1.17 bits per heavy atom. The molecule has 1 aliphatic heterocycles. The standard InChI is InChI=1S/C17H22F2N4O/c1-21-10-13(9-20-21)11-22-4-6-23(7-5-22)12-17(24)15-8-14(18)2-3-16(15)19/h2-3,8-10,17,24H,4-7,11-12H2,1H3. The van der Waals surface area contributed by atoms with Crippen LogP contribution in [0.3, 0.4) is 0 Å². The molecule has 1 N–H and O–H groups in total. The molecule has 1 aromatic heterocycles. The van der Waals surface area contributed by atoms with Gasteiger partial charge in [0.15, 0.2) is 0 Å². The summed E-state index contributed by atoms with van der Waals surface area (Å²) in [5.74, 6) is -1.11. The van der Waals surface area contributed by atoms with Gasteiger partial charge in [-0.15, -0.1) is 0 Å². The fourth-order valence-corrected chi connectivity index (χ4v) is 3.05.